The van der Waals surface area contributed by atoms with Gasteiger partial charge in [-0.25, -0.2) is 0 Å². The second kappa shape index (κ2) is 5.96. The smallest absolute Gasteiger partial charge is 0.177 e. The molecule has 0 bridgehead atoms. The molecule has 1 aliphatic rings. The Hall–Kier alpha value is -2.89. The van der Waals surface area contributed by atoms with Gasteiger partial charge < -0.3 is 24.8 Å². The molecule has 2 aromatic carbocycles. The average Bonchev–Trinajstić information content (AvgIpc) is 2.55. The van der Waals surface area contributed by atoms with Crippen molar-refractivity contribution in [3.63, 3.8) is 0 Å². The lowest BCUT2D eigenvalue weighted by Gasteiger charge is -2.26. The van der Waals surface area contributed by atoms with E-state index in [0.717, 1.165) is 0 Å². The van der Waals surface area contributed by atoms with Crippen molar-refractivity contribution in [3.8, 4) is 28.7 Å². The largest absolute Gasteiger partial charge is 0.508 e. The number of aromatic hydroxyl groups is 3. The van der Waals surface area contributed by atoms with Gasteiger partial charge in [-0.3, -0.25) is 4.79 Å². The highest BCUT2D eigenvalue weighted by molar-refractivity contribution is 6.04. The lowest BCUT2D eigenvalue weighted by atomic mass is 9.88. The van der Waals surface area contributed by atoms with Crippen LogP contribution in [0.3, 0.4) is 0 Å². The van der Waals surface area contributed by atoms with Crippen LogP contribution in [0, 0.1) is 12.8 Å². The van der Waals surface area contributed by atoms with Gasteiger partial charge in [0.15, 0.2) is 5.78 Å². The minimum Gasteiger partial charge on any atom is -0.508 e. The molecule has 0 saturated heterocycles. The van der Waals surface area contributed by atoms with Crippen molar-refractivity contribution in [1.29, 1.82) is 0 Å². The predicted octanol–water partition coefficient (Wildman–Crippen LogP) is 2.55. The molecule has 6 nitrogen and oxygen atoms in total. The van der Waals surface area contributed by atoms with E-state index in [1.54, 1.807) is 19.1 Å². The Morgan fingerprint density at radius 1 is 1.25 bits per heavy atom. The van der Waals surface area contributed by atoms with Gasteiger partial charge >= 0.3 is 0 Å². The number of hydrogen-bond donors (Lipinski definition) is 3. The van der Waals surface area contributed by atoms with E-state index in [9.17, 15) is 20.1 Å². The van der Waals surface area contributed by atoms with E-state index in [1.165, 1.54) is 19.2 Å². The summed E-state index contributed by atoms with van der Waals surface area (Å²) in [5.74, 6) is -0.302. The van der Waals surface area contributed by atoms with Crippen molar-refractivity contribution >= 4 is 5.78 Å². The molecular formula is C18H18O6. The van der Waals surface area contributed by atoms with E-state index < -0.39 is 5.92 Å². The summed E-state index contributed by atoms with van der Waals surface area (Å²) in [6.07, 6.45) is 0.245. The number of ketones is 1. The summed E-state index contributed by atoms with van der Waals surface area (Å²) in [5.41, 5.74) is 1.15. The second-order valence-corrected chi connectivity index (χ2v) is 5.81. The molecule has 3 rings (SSSR count). The van der Waals surface area contributed by atoms with E-state index in [0.29, 0.717) is 22.6 Å². The number of methoxy groups -OCH3 is 1. The highest BCUT2D eigenvalue weighted by Crippen LogP contribution is 2.42. The number of rotatable bonds is 3. The monoisotopic (exact) mass is 330 g/mol. The van der Waals surface area contributed by atoms with Gasteiger partial charge in [0.1, 0.15) is 34.3 Å². The summed E-state index contributed by atoms with van der Waals surface area (Å²) in [7, 11) is 1.48. The number of phenols is 3. The van der Waals surface area contributed by atoms with Gasteiger partial charge in [-0.1, -0.05) is 6.07 Å². The molecule has 2 aromatic rings. The molecule has 0 radical (unpaired) electrons. The number of fused-ring (bicyclic) bond motifs is 1. The van der Waals surface area contributed by atoms with Gasteiger partial charge in [-0.15, -0.1) is 0 Å². The van der Waals surface area contributed by atoms with Gasteiger partial charge in [0.25, 0.3) is 0 Å². The van der Waals surface area contributed by atoms with Crippen LogP contribution in [0.1, 0.15) is 21.5 Å². The Kier molecular flexibility index (Phi) is 3.97. The van der Waals surface area contributed by atoms with E-state index in [2.05, 4.69) is 0 Å². The van der Waals surface area contributed by atoms with E-state index in [4.69, 9.17) is 9.47 Å². The summed E-state index contributed by atoms with van der Waals surface area (Å²) in [6, 6.07) is 5.83. The summed E-state index contributed by atoms with van der Waals surface area (Å²) in [6.45, 7) is 1.80. The molecule has 0 aliphatic carbocycles. The van der Waals surface area contributed by atoms with Crippen molar-refractivity contribution < 1.29 is 29.6 Å². The van der Waals surface area contributed by atoms with Crippen molar-refractivity contribution in [1.82, 2.24) is 0 Å². The number of carbonyl (C=O) groups is 1. The first-order valence-electron chi connectivity index (χ1n) is 7.50. The first-order chi connectivity index (χ1) is 11.4. The second-order valence-electron chi connectivity index (χ2n) is 5.81. The third-order valence-electron chi connectivity index (χ3n) is 4.28. The van der Waals surface area contributed by atoms with Gasteiger partial charge in [-0.05, 0) is 25.0 Å². The SMILES string of the molecule is COc1cc2c(c(O)c1C)C(=O)[C@H](Cc1ccc(O)cc1O)CO2. The highest BCUT2D eigenvalue weighted by atomic mass is 16.5. The fourth-order valence-electron chi connectivity index (χ4n) is 2.90. The van der Waals surface area contributed by atoms with Crippen LogP contribution in [0.4, 0.5) is 0 Å². The molecule has 1 aliphatic heterocycles. The number of benzene rings is 2. The average molecular weight is 330 g/mol. The molecule has 0 unspecified atom stereocenters. The van der Waals surface area contributed by atoms with E-state index >= 15 is 0 Å². The zero-order valence-electron chi connectivity index (χ0n) is 13.4. The number of hydrogen-bond acceptors (Lipinski definition) is 6. The molecule has 24 heavy (non-hydrogen) atoms. The maximum absolute atomic E-state index is 12.8. The van der Waals surface area contributed by atoms with Gasteiger partial charge in [0.2, 0.25) is 0 Å². The third-order valence-corrected chi connectivity index (χ3v) is 4.28. The van der Waals surface area contributed by atoms with E-state index in [-0.39, 0.29) is 41.6 Å². The van der Waals surface area contributed by atoms with Crippen LogP contribution in [0.2, 0.25) is 0 Å². The molecule has 126 valence electrons. The molecule has 0 saturated carbocycles. The van der Waals surface area contributed by atoms with Crippen LogP contribution < -0.4 is 9.47 Å². The predicted molar refractivity (Wildman–Crippen MR) is 86.2 cm³/mol. The Balaban J connectivity index is 1.93. The van der Waals surface area contributed by atoms with E-state index in [1.807, 2.05) is 0 Å². The number of phenolic OH excluding ortho intramolecular Hbond substituents is 3. The van der Waals surface area contributed by atoms with Crippen LogP contribution in [-0.4, -0.2) is 34.8 Å². The Labute approximate surface area is 138 Å². The molecular weight excluding hydrogens is 312 g/mol. The minimum atomic E-state index is -0.536. The fourth-order valence-corrected chi connectivity index (χ4v) is 2.90. The zero-order valence-corrected chi connectivity index (χ0v) is 13.4. The number of ether oxygens (including phenoxy) is 2. The summed E-state index contributed by atoms with van der Waals surface area (Å²) in [4.78, 5) is 12.8. The Morgan fingerprint density at radius 2 is 2.00 bits per heavy atom. The van der Waals surface area contributed by atoms with Crippen LogP contribution in [0.25, 0.3) is 0 Å². The van der Waals surface area contributed by atoms with Gasteiger partial charge in [0, 0.05) is 17.7 Å². The molecule has 1 atom stereocenters. The lowest BCUT2D eigenvalue weighted by molar-refractivity contribution is 0.0825. The van der Waals surface area contributed by atoms with Crippen molar-refractivity contribution in [2.24, 2.45) is 5.92 Å². The fraction of sp³-hybridized carbons (Fsp3) is 0.278. The number of carbonyl (C=O) groups excluding carboxylic acids is 1. The third kappa shape index (κ3) is 2.60. The number of Topliss-reactive ketones (excluding diaryl/α,β-unsaturated/α-hetero) is 1. The lowest BCUT2D eigenvalue weighted by Crippen LogP contribution is -2.29. The standard InChI is InChI=1S/C18H18O6/c1-9-14(23-2)7-15-16(17(9)21)18(22)11(8-24-15)5-10-3-4-12(19)6-13(10)20/h3-4,6-7,11,19-21H,5,8H2,1-2H3/t11-/m1/s1. The molecule has 6 heteroatoms. The van der Waals surface area contributed by atoms with Crippen LogP contribution in [-0.2, 0) is 6.42 Å². The van der Waals surface area contributed by atoms with Gasteiger partial charge in [-0.2, -0.15) is 0 Å². The topological polar surface area (TPSA) is 96.2 Å². The molecule has 1 heterocycles. The van der Waals surface area contributed by atoms with Crippen LogP contribution in [0.5, 0.6) is 28.7 Å². The maximum atomic E-state index is 12.8. The minimum absolute atomic E-state index is 0.0480. The Bertz CT molecular complexity index is 812. The van der Waals surface area contributed by atoms with Crippen LogP contribution >= 0.6 is 0 Å². The highest BCUT2D eigenvalue weighted by Gasteiger charge is 2.33. The molecule has 3 N–H and O–H groups in total. The first kappa shape index (κ1) is 16.0. The van der Waals surface area contributed by atoms with Crippen LogP contribution in [0.15, 0.2) is 24.3 Å². The quantitative estimate of drug-likeness (QED) is 0.800. The molecule has 0 amide bonds. The van der Waals surface area contributed by atoms with Crippen molar-refractivity contribution in [2.45, 2.75) is 13.3 Å². The zero-order chi connectivity index (χ0) is 17.4. The molecule has 0 spiro atoms. The molecule has 0 aromatic heterocycles. The summed E-state index contributed by atoms with van der Waals surface area (Å²) < 4.78 is 10.8. The van der Waals surface area contributed by atoms with Gasteiger partial charge in [0.05, 0.1) is 19.6 Å². The summed E-state index contributed by atoms with van der Waals surface area (Å²) >= 11 is 0. The maximum Gasteiger partial charge on any atom is 0.177 e. The molecule has 0 fully saturated rings. The van der Waals surface area contributed by atoms with Crippen molar-refractivity contribution in [3.05, 3.63) is 41.0 Å². The first-order valence-corrected chi connectivity index (χ1v) is 7.50. The normalized spacial score (nSPS) is 16.4. The van der Waals surface area contributed by atoms with Crippen molar-refractivity contribution in [2.75, 3.05) is 13.7 Å². The summed E-state index contributed by atoms with van der Waals surface area (Å²) in [5, 5.41) is 29.6. The Morgan fingerprint density at radius 3 is 2.67 bits per heavy atom.